The number of carboxylic acid groups (broad SMARTS) is 1. The molecule has 1 aromatic rings. The van der Waals surface area contributed by atoms with Crippen molar-refractivity contribution in [3.8, 4) is 0 Å². The summed E-state index contributed by atoms with van der Waals surface area (Å²) < 4.78 is 4.80. The maximum absolute atomic E-state index is 12.5. The summed E-state index contributed by atoms with van der Waals surface area (Å²) in [4.78, 5) is 37.3. The molecular weight excluding hydrogens is 324 g/mol. The summed E-state index contributed by atoms with van der Waals surface area (Å²) in [5.74, 6) is -1.23. The van der Waals surface area contributed by atoms with Crippen LogP contribution in [0.1, 0.15) is 49.0 Å². The number of carboxylic acids is 1. The molecule has 0 spiro atoms. The zero-order valence-corrected chi connectivity index (χ0v) is 15.0. The van der Waals surface area contributed by atoms with Crippen LogP contribution >= 0.6 is 0 Å². The third kappa shape index (κ3) is 3.92. The lowest BCUT2D eigenvalue weighted by Gasteiger charge is -2.21. The molecule has 0 radical (unpaired) electrons. The van der Waals surface area contributed by atoms with Crippen LogP contribution in [0, 0.1) is 5.41 Å². The van der Waals surface area contributed by atoms with Crippen LogP contribution < -0.4 is 5.32 Å². The number of hydrogen-bond donors (Lipinski definition) is 2. The first-order chi connectivity index (χ1) is 11.7. The number of aliphatic carboxylic acids is 1. The zero-order chi connectivity index (χ0) is 18.8. The molecular formula is C18H24N2O5. The number of benzene rings is 1. The quantitative estimate of drug-likeness (QED) is 0.816. The summed E-state index contributed by atoms with van der Waals surface area (Å²) in [6, 6.07) is 4.80. The molecule has 7 nitrogen and oxygen atoms in total. The number of carbonyl (C=O) groups excluding carboxylic acids is 2. The van der Waals surface area contributed by atoms with Crippen molar-refractivity contribution in [1.82, 2.24) is 4.90 Å². The highest BCUT2D eigenvalue weighted by Gasteiger charge is 2.42. The summed E-state index contributed by atoms with van der Waals surface area (Å²) in [5.41, 5.74) is 0.648. The minimum absolute atomic E-state index is 0.131. The SMILES string of the molecule is COC(=O)c1cc(C(C)C)ccc1NC(=O)N1CCC(C)(C(=O)O)C1. The zero-order valence-electron chi connectivity index (χ0n) is 15.0. The molecule has 1 aliphatic rings. The van der Waals surface area contributed by atoms with Crippen molar-refractivity contribution in [2.45, 2.75) is 33.1 Å². The Labute approximate surface area is 147 Å². The van der Waals surface area contributed by atoms with E-state index in [4.69, 9.17) is 4.74 Å². The van der Waals surface area contributed by atoms with E-state index in [0.717, 1.165) is 5.56 Å². The lowest BCUT2D eigenvalue weighted by molar-refractivity contribution is -0.146. The number of methoxy groups -OCH3 is 1. The second kappa shape index (κ2) is 7.13. The van der Waals surface area contributed by atoms with E-state index in [1.54, 1.807) is 19.1 Å². The molecule has 0 aliphatic carbocycles. The Bertz CT molecular complexity index is 701. The van der Waals surface area contributed by atoms with E-state index < -0.39 is 23.4 Å². The Kier molecular flexibility index (Phi) is 5.35. The summed E-state index contributed by atoms with van der Waals surface area (Å²) in [6.07, 6.45) is 0.395. The van der Waals surface area contributed by atoms with Crippen LogP contribution in [0.2, 0.25) is 0 Å². The number of nitrogens with one attached hydrogen (secondary N) is 1. The van der Waals surface area contributed by atoms with Gasteiger partial charge in [0.2, 0.25) is 0 Å². The number of rotatable bonds is 4. The molecule has 25 heavy (non-hydrogen) atoms. The van der Waals surface area contributed by atoms with Gasteiger partial charge in [0, 0.05) is 13.1 Å². The number of ether oxygens (including phenoxy) is 1. The minimum Gasteiger partial charge on any atom is -0.481 e. The molecule has 1 aliphatic heterocycles. The van der Waals surface area contributed by atoms with Crippen molar-refractivity contribution in [2.75, 3.05) is 25.5 Å². The molecule has 7 heteroatoms. The van der Waals surface area contributed by atoms with Gasteiger partial charge in [-0.15, -0.1) is 0 Å². The van der Waals surface area contributed by atoms with Crippen LogP contribution in [0.15, 0.2) is 18.2 Å². The maximum atomic E-state index is 12.5. The minimum atomic E-state index is -0.940. The summed E-state index contributed by atoms with van der Waals surface area (Å²) >= 11 is 0. The van der Waals surface area contributed by atoms with Crippen LogP contribution in [0.4, 0.5) is 10.5 Å². The van der Waals surface area contributed by atoms with Gasteiger partial charge in [0.15, 0.2) is 0 Å². The molecule has 136 valence electrons. The topological polar surface area (TPSA) is 95.9 Å². The van der Waals surface area contributed by atoms with E-state index in [9.17, 15) is 19.5 Å². The van der Waals surface area contributed by atoms with Gasteiger partial charge in [0.25, 0.3) is 0 Å². The van der Waals surface area contributed by atoms with E-state index in [2.05, 4.69) is 5.32 Å². The standard InChI is InChI=1S/C18H24N2O5/c1-11(2)12-5-6-14(13(9-12)15(21)25-4)19-17(24)20-8-7-18(3,10-20)16(22)23/h5-6,9,11H,7-8,10H2,1-4H3,(H,19,24)(H,22,23). The first kappa shape index (κ1) is 18.8. The molecule has 1 fully saturated rings. The molecule has 0 aromatic heterocycles. The highest BCUT2D eigenvalue weighted by molar-refractivity contribution is 6.01. The number of carbonyl (C=O) groups is 3. The van der Waals surface area contributed by atoms with Crippen LogP contribution in [-0.4, -0.2) is 48.2 Å². The van der Waals surface area contributed by atoms with Gasteiger partial charge in [0.1, 0.15) is 0 Å². The molecule has 0 saturated carbocycles. The number of hydrogen-bond acceptors (Lipinski definition) is 4. The Morgan fingerprint density at radius 2 is 2.00 bits per heavy atom. The van der Waals surface area contributed by atoms with Gasteiger partial charge in [-0.3, -0.25) is 4.79 Å². The van der Waals surface area contributed by atoms with Crippen molar-refractivity contribution < 1.29 is 24.2 Å². The molecule has 1 saturated heterocycles. The highest BCUT2D eigenvalue weighted by Crippen LogP contribution is 2.31. The Morgan fingerprint density at radius 1 is 1.32 bits per heavy atom. The molecule has 1 aromatic carbocycles. The van der Waals surface area contributed by atoms with Crippen molar-refractivity contribution in [2.24, 2.45) is 5.41 Å². The summed E-state index contributed by atoms with van der Waals surface area (Å²) in [6.45, 7) is 6.12. The third-order valence-electron chi connectivity index (χ3n) is 4.63. The largest absolute Gasteiger partial charge is 0.481 e. The maximum Gasteiger partial charge on any atom is 0.339 e. The van der Waals surface area contributed by atoms with E-state index in [1.165, 1.54) is 12.0 Å². The molecule has 2 amide bonds. The predicted molar refractivity (Wildman–Crippen MR) is 92.8 cm³/mol. The summed E-state index contributed by atoms with van der Waals surface area (Å²) in [5, 5.41) is 12.0. The van der Waals surface area contributed by atoms with Crippen molar-refractivity contribution in [3.05, 3.63) is 29.3 Å². The molecule has 1 unspecified atom stereocenters. The Morgan fingerprint density at radius 3 is 2.52 bits per heavy atom. The molecule has 2 N–H and O–H groups in total. The number of urea groups is 1. The highest BCUT2D eigenvalue weighted by atomic mass is 16.5. The van der Waals surface area contributed by atoms with Crippen molar-refractivity contribution >= 4 is 23.7 Å². The van der Waals surface area contributed by atoms with E-state index >= 15 is 0 Å². The van der Waals surface area contributed by atoms with E-state index in [1.807, 2.05) is 19.9 Å². The van der Waals surface area contributed by atoms with Crippen molar-refractivity contribution in [3.63, 3.8) is 0 Å². The Balaban J connectivity index is 2.21. The van der Waals surface area contributed by atoms with Gasteiger partial charge in [-0.1, -0.05) is 19.9 Å². The van der Waals surface area contributed by atoms with E-state index in [0.29, 0.717) is 18.7 Å². The van der Waals surface area contributed by atoms with Gasteiger partial charge in [-0.25, -0.2) is 9.59 Å². The fraction of sp³-hybridized carbons (Fsp3) is 0.500. The van der Waals surface area contributed by atoms with E-state index in [-0.39, 0.29) is 18.0 Å². The van der Waals surface area contributed by atoms with Crippen LogP contribution in [0.25, 0.3) is 0 Å². The average Bonchev–Trinajstić information content (AvgIpc) is 2.98. The lowest BCUT2D eigenvalue weighted by Crippen LogP contribution is -2.37. The van der Waals surface area contributed by atoms with Gasteiger partial charge in [-0.05, 0) is 37.0 Å². The third-order valence-corrected chi connectivity index (χ3v) is 4.63. The van der Waals surface area contributed by atoms with Crippen molar-refractivity contribution in [1.29, 1.82) is 0 Å². The van der Waals surface area contributed by atoms with Crippen LogP contribution in [0.5, 0.6) is 0 Å². The molecule has 1 atom stereocenters. The first-order valence-electron chi connectivity index (χ1n) is 8.19. The molecule has 2 rings (SSSR count). The van der Waals surface area contributed by atoms with Gasteiger partial charge in [0.05, 0.1) is 23.8 Å². The molecule has 0 bridgehead atoms. The lowest BCUT2D eigenvalue weighted by atomic mass is 9.90. The van der Waals surface area contributed by atoms with Gasteiger partial charge < -0.3 is 20.1 Å². The predicted octanol–water partition coefficient (Wildman–Crippen LogP) is 2.93. The van der Waals surface area contributed by atoms with Crippen LogP contribution in [-0.2, 0) is 9.53 Å². The number of esters is 1. The molecule has 1 heterocycles. The van der Waals surface area contributed by atoms with Crippen LogP contribution in [0.3, 0.4) is 0 Å². The van der Waals surface area contributed by atoms with Gasteiger partial charge >= 0.3 is 18.0 Å². The Hall–Kier alpha value is -2.57. The smallest absolute Gasteiger partial charge is 0.339 e. The van der Waals surface area contributed by atoms with Gasteiger partial charge in [-0.2, -0.15) is 0 Å². The second-order valence-corrected chi connectivity index (χ2v) is 6.92. The second-order valence-electron chi connectivity index (χ2n) is 6.92. The first-order valence-corrected chi connectivity index (χ1v) is 8.19. The number of likely N-dealkylation sites (tertiary alicyclic amines) is 1. The fourth-order valence-corrected chi connectivity index (χ4v) is 2.81. The fourth-order valence-electron chi connectivity index (χ4n) is 2.81. The number of anilines is 1. The normalized spacial score (nSPS) is 19.8. The number of amides is 2. The number of nitrogens with zero attached hydrogens (tertiary/aromatic N) is 1. The summed E-state index contributed by atoms with van der Waals surface area (Å²) in [7, 11) is 1.29. The monoisotopic (exact) mass is 348 g/mol. The average molecular weight is 348 g/mol.